The van der Waals surface area contributed by atoms with Gasteiger partial charge in [0.05, 0.1) is 13.5 Å². The van der Waals surface area contributed by atoms with E-state index < -0.39 is 11.4 Å². The molecular weight excluding hydrogens is 308 g/mol. The van der Waals surface area contributed by atoms with E-state index in [1.807, 2.05) is 26.0 Å². The van der Waals surface area contributed by atoms with E-state index in [4.69, 9.17) is 9.84 Å². The summed E-state index contributed by atoms with van der Waals surface area (Å²) in [6.45, 7) is 8.08. The highest BCUT2D eigenvalue weighted by Gasteiger charge is 2.29. The van der Waals surface area contributed by atoms with E-state index in [1.54, 1.807) is 7.11 Å². The molecule has 0 aliphatic rings. The predicted molar refractivity (Wildman–Crippen MR) is 80.1 cm³/mol. The first-order chi connectivity index (χ1) is 8.69. The summed E-state index contributed by atoms with van der Waals surface area (Å²) in [4.78, 5) is 11.1. The number of hydrogen-bond donors (Lipinski definition) is 1. The van der Waals surface area contributed by atoms with Gasteiger partial charge in [0.15, 0.2) is 0 Å². The fourth-order valence-corrected chi connectivity index (χ4v) is 2.83. The average molecular weight is 329 g/mol. The fourth-order valence-electron chi connectivity index (χ4n) is 2.39. The lowest BCUT2D eigenvalue weighted by Crippen LogP contribution is -2.24. The average Bonchev–Trinajstić information content (AvgIpc) is 2.25. The van der Waals surface area contributed by atoms with E-state index in [0.29, 0.717) is 0 Å². The van der Waals surface area contributed by atoms with Gasteiger partial charge in [-0.2, -0.15) is 0 Å². The topological polar surface area (TPSA) is 46.5 Å². The first kappa shape index (κ1) is 16.0. The summed E-state index contributed by atoms with van der Waals surface area (Å²) in [7, 11) is 1.64. The molecule has 1 aromatic rings. The van der Waals surface area contributed by atoms with Gasteiger partial charge in [-0.3, -0.25) is 4.79 Å². The SMILES string of the molecule is COc1cc(Br)cc(C(C)(C)CC(=O)O)c1C(C)C. The Labute approximate surface area is 123 Å². The number of carbonyl (C=O) groups is 1. The van der Waals surface area contributed by atoms with Crippen molar-refractivity contribution in [3.05, 3.63) is 27.7 Å². The van der Waals surface area contributed by atoms with Crippen LogP contribution in [0.3, 0.4) is 0 Å². The van der Waals surface area contributed by atoms with Crippen LogP contribution in [0.4, 0.5) is 0 Å². The number of hydrogen-bond acceptors (Lipinski definition) is 2. The molecular formula is C15H21BrO3. The molecule has 0 aliphatic heterocycles. The van der Waals surface area contributed by atoms with Crippen molar-refractivity contribution in [2.75, 3.05) is 7.11 Å². The maximum absolute atomic E-state index is 11.1. The summed E-state index contributed by atoms with van der Waals surface area (Å²) in [6, 6.07) is 3.93. The number of carboxylic acids is 1. The third-order valence-electron chi connectivity index (χ3n) is 3.23. The predicted octanol–water partition coefficient (Wildman–Crippen LogP) is 4.33. The lowest BCUT2D eigenvalue weighted by Gasteiger charge is -2.29. The van der Waals surface area contributed by atoms with Crippen LogP contribution < -0.4 is 4.74 Å². The number of benzene rings is 1. The molecule has 0 bridgehead atoms. The molecule has 0 heterocycles. The number of methoxy groups -OCH3 is 1. The summed E-state index contributed by atoms with van der Waals surface area (Å²) in [5.41, 5.74) is 1.66. The lowest BCUT2D eigenvalue weighted by molar-refractivity contribution is -0.138. The van der Waals surface area contributed by atoms with Gasteiger partial charge < -0.3 is 9.84 Å². The van der Waals surface area contributed by atoms with Gasteiger partial charge in [0.25, 0.3) is 0 Å². The smallest absolute Gasteiger partial charge is 0.304 e. The van der Waals surface area contributed by atoms with Gasteiger partial charge in [0.2, 0.25) is 0 Å². The molecule has 1 aromatic carbocycles. The Kier molecular flexibility index (Phi) is 5.02. The summed E-state index contributed by atoms with van der Waals surface area (Å²) in [5.74, 6) is 0.280. The first-order valence-corrected chi connectivity index (χ1v) is 7.08. The van der Waals surface area contributed by atoms with Crippen LogP contribution in [0.5, 0.6) is 5.75 Å². The second-order valence-corrected chi connectivity index (χ2v) is 6.59. The Balaban J connectivity index is 3.48. The molecule has 0 aromatic heterocycles. The monoisotopic (exact) mass is 328 g/mol. The van der Waals surface area contributed by atoms with Crippen LogP contribution in [0.2, 0.25) is 0 Å². The Morgan fingerprint density at radius 2 is 2.00 bits per heavy atom. The van der Waals surface area contributed by atoms with Crippen LogP contribution in [0.1, 0.15) is 51.2 Å². The van der Waals surface area contributed by atoms with Crippen LogP contribution >= 0.6 is 15.9 Å². The maximum atomic E-state index is 11.1. The Hall–Kier alpha value is -1.03. The number of carboxylic acid groups (broad SMARTS) is 1. The summed E-state index contributed by atoms with van der Waals surface area (Å²) in [6.07, 6.45) is 0.0896. The van der Waals surface area contributed by atoms with E-state index >= 15 is 0 Å². The van der Waals surface area contributed by atoms with Crippen molar-refractivity contribution in [2.45, 2.75) is 45.4 Å². The Morgan fingerprint density at radius 1 is 1.42 bits per heavy atom. The third-order valence-corrected chi connectivity index (χ3v) is 3.68. The number of halogens is 1. The van der Waals surface area contributed by atoms with Crippen LogP contribution in [-0.4, -0.2) is 18.2 Å². The van der Waals surface area contributed by atoms with Crippen molar-refractivity contribution < 1.29 is 14.6 Å². The molecule has 19 heavy (non-hydrogen) atoms. The fraction of sp³-hybridized carbons (Fsp3) is 0.533. The van der Waals surface area contributed by atoms with Crippen molar-refractivity contribution in [3.8, 4) is 5.75 Å². The van der Waals surface area contributed by atoms with E-state index in [0.717, 1.165) is 21.3 Å². The normalized spacial score (nSPS) is 11.7. The molecule has 4 heteroatoms. The quantitative estimate of drug-likeness (QED) is 0.874. The van der Waals surface area contributed by atoms with Crippen molar-refractivity contribution >= 4 is 21.9 Å². The molecule has 0 spiro atoms. The summed E-state index contributed by atoms with van der Waals surface area (Å²) in [5, 5.41) is 9.09. The molecule has 0 unspecified atom stereocenters. The number of aliphatic carboxylic acids is 1. The largest absolute Gasteiger partial charge is 0.496 e. The van der Waals surface area contributed by atoms with Crippen LogP contribution in [0, 0.1) is 0 Å². The summed E-state index contributed by atoms with van der Waals surface area (Å²) >= 11 is 3.47. The van der Waals surface area contributed by atoms with Crippen LogP contribution in [0.25, 0.3) is 0 Å². The second kappa shape index (κ2) is 5.95. The van der Waals surface area contributed by atoms with Crippen LogP contribution in [-0.2, 0) is 10.2 Å². The highest BCUT2D eigenvalue weighted by atomic mass is 79.9. The minimum Gasteiger partial charge on any atom is -0.496 e. The molecule has 1 rings (SSSR count). The van der Waals surface area contributed by atoms with E-state index in [9.17, 15) is 4.79 Å². The lowest BCUT2D eigenvalue weighted by atomic mass is 9.76. The molecule has 0 amide bonds. The van der Waals surface area contributed by atoms with Gasteiger partial charge >= 0.3 is 5.97 Å². The maximum Gasteiger partial charge on any atom is 0.304 e. The van der Waals surface area contributed by atoms with Gasteiger partial charge in [-0.1, -0.05) is 43.6 Å². The van der Waals surface area contributed by atoms with Crippen molar-refractivity contribution in [1.82, 2.24) is 0 Å². The van der Waals surface area contributed by atoms with Crippen molar-refractivity contribution in [3.63, 3.8) is 0 Å². The van der Waals surface area contributed by atoms with Crippen LogP contribution in [0.15, 0.2) is 16.6 Å². The van der Waals surface area contributed by atoms with Gasteiger partial charge in [0, 0.05) is 15.5 Å². The molecule has 0 radical (unpaired) electrons. The molecule has 0 atom stereocenters. The molecule has 1 N–H and O–H groups in total. The molecule has 0 fully saturated rings. The minimum absolute atomic E-state index is 0.0896. The van der Waals surface area contributed by atoms with E-state index in [-0.39, 0.29) is 12.3 Å². The molecule has 0 aliphatic carbocycles. The highest BCUT2D eigenvalue weighted by Crippen LogP contribution is 2.40. The van der Waals surface area contributed by atoms with Gasteiger partial charge in [0.1, 0.15) is 5.75 Å². The zero-order valence-corrected chi connectivity index (χ0v) is 13.7. The zero-order valence-electron chi connectivity index (χ0n) is 12.1. The van der Waals surface area contributed by atoms with E-state index in [1.165, 1.54) is 0 Å². The number of ether oxygens (including phenoxy) is 1. The van der Waals surface area contributed by atoms with Crippen molar-refractivity contribution in [2.24, 2.45) is 0 Å². The zero-order chi connectivity index (χ0) is 14.8. The van der Waals surface area contributed by atoms with Crippen molar-refractivity contribution in [1.29, 1.82) is 0 Å². The number of rotatable bonds is 5. The minimum atomic E-state index is -0.793. The molecule has 0 saturated heterocycles. The Morgan fingerprint density at radius 3 is 2.42 bits per heavy atom. The standard InChI is InChI=1S/C15H21BrO3/c1-9(2)14-11(15(3,4)8-13(17)18)6-10(16)7-12(14)19-5/h6-7,9H,8H2,1-5H3,(H,17,18). The molecule has 0 saturated carbocycles. The Bertz CT molecular complexity index is 479. The third kappa shape index (κ3) is 3.72. The van der Waals surface area contributed by atoms with Gasteiger partial charge in [-0.05, 0) is 23.6 Å². The van der Waals surface area contributed by atoms with E-state index in [2.05, 4.69) is 29.8 Å². The summed E-state index contributed by atoms with van der Waals surface area (Å²) < 4.78 is 6.36. The first-order valence-electron chi connectivity index (χ1n) is 6.28. The van der Waals surface area contributed by atoms with Gasteiger partial charge in [-0.15, -0.1) is 0 Å². The molecule has 3 nitrogen and oxygen atoms in total. The molecule has 106 valence electrons. The highest BCUT2D eigenvalue weighted by molar-refractivity contribution is 9.10. The second-order valence-electron chi connectivity index (χ2n) is 5.68. The van der Waals surface area contributed by atoms with Gasteiger partial charge in [-0.25, -0.2) is 0 Å².